The highest BCUT2D eigenvalue weighted by Crippen LogP contribution is 2.20. The monoisotopic (exact) mass is 275 g/mol. The van der Waals surface area contributed by atoms with Crippen molar-refractivity contribution in [2.24, 2.45) is 0 Å². The van der Waals surface area contributed by atoms with Crippen LogP contribution in [0.5, 0.6) is 0 Å². The second kappa shape index (κ2) is 6.31. The fourth-order valence-corrected chi connectivity index (χ4v) is 2.52. The Hall–Kier alpha value is -0.910. The number of ether oxygens (including phenoxy) is 2. The van der Waals surface area contributed by atoms with E-state index in [-0.39, 0.29) is 18.6 Å². The van der Waals surface area contributed by atoms with Crippen molar-refractivity contribution in [3.8, 4) is 0 Å². The predicted molar refractivity (Wildman–Crippen MR) is 70.7 cm³/mol. The number of carbonyl (C=O) groups excluding carboxylic acids is 2. The minimum Gasteiger partial charge on any atom is -0.460 e. The number of hydrogen-bond donors (Lipinski definition) is 0. The van der Waals surface area contributed by atoms with Crippen molar-refractivity contribution in [1.82, 2.24) is 4.90 Å². The average molecular weight is 275 g/mol. The van der Waals surface area contributed by atoms with Crippen LogP contribution in [0.2, 0.25) is 0 Å². The van der Waals surface area contributed by atoms with E-state index in [1.165, 1.54) is 11.9 Å². The van der Waals surface area contributed by atoms with Crippen LogP contribution in [-0.2, 0) is 14.3 Å². The zero-order valence-corrected chi connectivity index (χ0v) is 12.2. The molecule has 1 heterocycles. The second-order valence-corrected chi connectivity index (χ2v) is 6.46. The summed E-state index contributed by atoms with van der Waals surface area (Å²) in [4.78, 5) is 24.5. The van der Waals surface area contributed by atoms with Crippen LogP contribution in [0.1, 0.15) is 27.2 Å². The van der Waals surface area contributed by atoms with E-state index in [1.54, 1.807) is 32.5 Å². The molecule has 18 heavy (non-hydrogen) atoms. The number of esters is 1. The minimum absolute atomic E-state index is 0.00506. The second-order valence-electron chi connectivity index (χ2n) is 5.31. The molecule has 1 saturated heterocycles. The highest BCUT2D eigenvalue weighted by Gasteiger charge is 2.24. The molecular formula is C12H21NO4S. The molecule has 0 aromatic carbocycles. The summed E-state index contributed by atoms with van der Waals surface area (Å²) >= 11 is 1.77. The average Bonchev–Trinajstić information content (AvgIpc) is 2.67. The van der Waals surface area contributed by atoms with Crippen LogP contribution in [0.25, 0.3) is 0 Å². The van der Waals surface area contributed by atoms with Gasteiger partial charge in [0.1, 0.15) is 18.2 Å². The van der Waals surface area contributed by atoms with Crippen LogP contribution >= 0.6 is 11.8 Å². The maximum absolute atomic E-state index is 11.6. The van der Waals surface area contributed by atoms with Gasteiger partial charge < -0.3 is 14.4 Å². The molecule has 1 rings (SSSR count). The molecular weight excluding hydrogens is 254 g/mol. The summed E-state index contributed by atoms with van der Waals surface area (Å²) < 4.78 is 10.4. The van der Waals surface area contributed by atoms with Crippen molar-refractivity contribution in [3.05, 3.63) is 0 Å². The van der Waals surface area contributed by atoms with E-state index in [4.69, 9.17) is 9.47 Å². The van der Waals surface area contributed by atoms with E-state index in [2.05, 4.69) is 0 Å². The lowest BCUT2D eigenvalue weighted by atomic mass is 10.2. The topological polar surface area (TPSA) is 55.8 Å². The molecule has 0 saturated carbocycles. The molecule has 0 spiro atoms. The number of amides is 1. The lowest BCUT2D eigenvalue weighted by molar-refractivity contribution is -0.148. The van der Waals surface area contributed by atoms with Crippen molar-refractivity contribution in [3.63, 3.8) is 0 Å². The van der Waals surface area contributed by atoms with Crippen LogP contribution < -0.4 is 0 Å². The Labute approximate surface area is 112 Å². The summed E-state index contributed by atoms with van der Waals surface area (Å²) in [5, 5.41) is 0. The lowest BCUT2D eigenvalue weighted by Crippen LogP contribution is -2.38. The summed E-state index contributed by atoms with van der Waals surface area (Å²) in [6.45, 7) is 5.28. The normalized spacial score (nSPS) is 19.4. The summed E-state index contributed by atoms with van der Waals surface area (Å²) in [6, 6.07) is 0. The quantitative estimate of drug-likeness (QED) is 0.736. The Kier molecular flexibility index (Phi) is 5.31. The zero-order valence-electron chi connectivity index (χ0n) is 11.4. The maximum atomic E-state index is 11.6. The Bertz CT molecular complexity index is 308. The molecule has 0 N–H and O–H groups in total. The first-order valence-corrected chi connectivity index (χ1v) is 7.15. The number of thioether (sulfide) groups is 1. The third-order valence-corrected chi connectivity index (χ3v) is 3.39. The number of hydrogen-bond acceptors (Lipinski definition) is 5. The molecule has 1 fully saturated rings. The summed E-state index contributed by atoms with van der Waals surface area (Å²) in [5.74, 6) is 1.50. The van der Waals surface area contributed by atoms with E-state index in [1.807, 2.05) is 0 Å². The Morgan fingerprint density at radius 3 is 2.56 bits per heavy atom. The SMILES string of the molecule is CN(CC(=O)O[C@H]1CCSC1)C(=O)OC(C)(C)C. The Morgan fingerprint density at radius 2 is 2.06 bits per heavy atom. The number of likely N-dealkylation sites (N-methyl/N-ethyl adjacent to an activating group) is 1. The smallest absolute Gasteiger partial charge is 0.410 e. The van der Waals surface area contributed by atoms with Gasteiger partial charge in [-0.3, -0.25) is 4.79 Å². The molecule has 1 aliphatic heterocycles. The van der Waals surface area contributed by atoms with E-state index in [0.29, 0.717) is 0 Å². The van der Waals surface area contributed by atoms with Crippen molar-refractivity contribution in [2.75, 3.05) is 25.1 Å². The molecule has 1 aliphatic rings. The Morgan fingerprint density at radius 1 is 1.39 bits per heavy atom. The first kappa shape index (κ1) is 15.1. The molecule has 104 valence electrons. The maximum Gasteiger partial charge on any atom is 0.410 e. The van der Waals surface area contributed by atoms with Gasteiger partial charge >= 0.3 is 12.1 Å². The third kappa shape index (κ3) is 5.62. The first-order chi connectivity index (χ1) is 8.28. The van der Waals surface area contributed by atoms with Gasteiger partial charge in [0, 0.05) is 12.8 Å². The molecule has 0 aliphatic carbocycles. The molecule has 0 aromatic rings. The van der Waals surface area contributed by atoms with E-state index >= 15 is 0 Å². The van der Waals surface area contributed by atoms with Gasteiger partial charge in [0.15, 0.2) is 0 Å². The summed E-state index contributed by atoms with van der Waals surface area (Å²) in [7, 11) is 1.53. The predicted octanol–water partition coefficient (Wildman–Crippen LogP) is 1.90. The van der Waals surface area contributed by atoms with Gasteiger partial charge in [0.25, 0.3) is 0 Å². The summed E-state index contributed by atoms with van der Waals surface area (Å²) in [5.41, 5.74) is -0.558. The van der Waals surface area contributed by atoms with Crippen LogP contribution in [-0.4, -0.2) is 53.8 Å². The molecule has 1 amide bonds. The highest BCUT2D eigenvalue weighted by molar-refractivity contribution is 7.99. The number of nitrogens with zero attached hydrogens (tertiary/aromatic N) is 1. The van der Waals surface area contributed by atoms with Crippen molar-refractivity contribution in [2.45, 2.75) is 38.9 Å². The largest absolute Gasteiger partial charge is 0.460 e. The van der Waals surface area contributed by atoms with E-state index in [0.717, 1.165) is 17.9 Å². The van der Waals surface area contributed by atoms with Gasteiger partial charge in [-0.05, 0) is 32.9 Å². The molecule has 0 bridgehead atoms. The summed E-state index contributed by atoms with van der Waals surface area (Å²) in [6.07, 6.45) is 0.377. The van der Waals surface area contributed by atoms with Gasteiger partial charge in [0.05, 0.1) is 0 Å². The Balaban J connectivity index is 2.31. The molecule has 5 nitrogen and oxygen atoms in total. The van der Waals surface area contributed by atoms with Crippen LogP contribution in [0.3, 0.4) is 0 Å². The first-order valence-electron chi connectivity index (χ1n) is 5.99. The molecule has 6 heteroatoms. The third-order valence-electron chi connectivity index (χ3n) is 2.26. The lowest BCUT2D eigenvalue weighted by Gasteiger charge is -2.24. The fraction of sp³-hybridized carbons (Fsp3) is 0.833. The van der Waals surface area contributed by atoms with E-state index < -0.39 is 11.7 Å². The van der Waals surface area contributed by atoms with Crippen LogP contribution in [0.15, 0.2) is 0 Å². The van der Waals surface area contributed by atoms with Crippen molar-refractivity contribution in [1.29, 1.82) is 0 Å². The highest BCUT2D eigenvalue weighted by atomic mass is 32.2. The molecule has 1 atom stereocenters. The molecule has 0 unspecified atom stereocenters. The number of carbonyl (C=O) groups is 2. The minimum atomic E-state index is -0.558. The van der Waals surface area contributed by atoms with Gasteiger partial charge in [-0.15, -0.1) is 0 Å². The van der Waals surface area contributed by atoms with Crippen molar-refractivity contribution < 1.29 is 19.1 Å². The zero-order chi connectivity index (χ0) is 13.8. The van der Waals surface area contributed by atoms with Gasteiger partial charge in [-0.1, -0.05) is 0 Å². The van der Waals surface area contributed by atoms with E-state index in [9.17, 15) is 9.59 Å². The number of rotatable bonds is 3. The van der Waals surface area contributed by atoms with Gasteiger partial charge in [-0.25, -0.2) is 4.79 Å². The van der Waals surface area contributed by atoms with Crippen LogP contribution in [0, 0.1) is 0 Å². The molecule has 0 aromatic heterocycles. The fourth-order valence-electron chi connectivity index (χ4n) is 1.43. The van der Waals surface area contributed by atoms with Crippen LogP contribution in [0.4, 0.5) is 4.79 Å². The molecule has 0 radical (unpaired) electrons. The van der Waals surface area contributed by atoms with Gasteiger partial charge in [-0.2, -0.15) is 11.8 Å². The van der Waals surface area contributed by atoms with Crippen molar-refractivity contribution >= 4 is 23.8 Å². The van der Waals surface area contributed by atoms with Gasteiger partial charge in [0.2, 0.25) is 0 Å². The standard InChI is InChI=1S/C12H21NO4S/c1-12(2,3)17-11(15)13(4)7-10(14)16-9-5-6-18-8-9/h9H,5-8H2,1-4H3/t9-/m0/s1.